The fourth-order valence-electron chi connectivity index (χ4n) is 2.79. The van der Waals surface area contributed by atoms with Crippen LogP contribution in [0.2, 0.25) is 0 Å². The van der Waals surface area contributed by atoms with Crippen LogP contribution in [-0.4, -0.2) is 32.5 Å². The van der Waals surface area contributed by atoms with E-state index < -0.39 is 0 Å². The summed E-state index contributed by atoms with van der Waals surface area (Å²) in [5.74, 6) is 1.20. The molecule has 0 spiro atoms. The van der Waals surface area contributed by atoms with E-state index in [2.05, 4.69) is 15.1 Å². The lowest BCUT2D eigenvalue weighted by Gasteiger charge is -2.33. The third-order valence-electron chi connectivity index (χ3n) is 4.07. The first kappa shape index (κ1) is 15.3. The van der Waals surface area contributed by atoms with Crippen LogP contribution in [0.25, 0.3) is 0 Å². The Morgan fingerprint density at radius 3 is 3.00 bits per heavy atom. The van der Waals surface area contributed by atoms with E-state index in [-0.39, 0.29) is 17.9 Å². The molecule has 0 aromatic carbocycles. The van der Waals surface area contributed by atoms with E-state index in [0.717, 1.165) is 19.3 Å². The zero-order valence-electron chi connectivity index (χ0n) is 13.2. The molecule has 23 heavy (non-hydrogen) atoms. The van der Waals surface area contributed by atoms with Crippen LogP contribution in [-0.2, 0) is 0 Å². The van der Waals surface area contributed by atoms with Gasteiger partial charge in [0.1, 0.15) is 17.8 Å². The minimum absolute atomic E-state index is 0.138. The molecule has 7 nitrogen and oxygen atoms in total. The second-order valence-electron chi connectivity index (χ2n) is 6.07. The molecule has 1 atom stereocenters. The van der Waals surface area contributed by atoms with Gasteiger partial charge in [0, 0.05) is 18.7 Å². The van der Waals surface area contributed by atoms with Gasteiger partial charge in [0.05, 0.1) is 5.56 Å². The Morgan fingerprint density at radius 1 is 1.52 bits per heavy atom. The number of piperidine rings is 1. The number of hydrogen-bond acceptors (Lipinski definition) is 5. The topological polar surface area (TPSA) is 98.8 Å². The van der Waals surface area contributed by atoms with Gasteiger partial charge in [-0.15, -0.1) is 0 Å². The standard InChI is InChI=1S/C16H19N5O2/c1-10(2)14-19-15(23-20-14)13-5-3-4-6-21(13)16(22)12-7-11(8-17)9-18-12/h7,9-10,13,18H,3-6H2,1-2H3/t13-/m1/s1. The molecule has 3 heterocycles. The van der Waals surface area contributed by atoms with Crippen LogP contribution in [0.1, 0.15) is 72.8 Å². The van der Waals surface area contributed by atoms with Crippen molar-refractivity contribution in [2.75, 3.05) is 6.54 Å². The second kappa shape index (κ2) is 6.24. The number of nitrogens with one attached hydrogen (secondary N) is 1. The van der Waals surface area contributed by atoms with Gasteiger partial charge in [-0.25, -0.2) is 0 Å². The molecule has 3 rings (SSSR count). The predicted molar refractivity (Wildman–Crippen MR) is 81.5 cm³/mol. The van der Waals surface area contributed by atoms with Gasteiger partial charge < -0.3 is 14.4 Å². The fraction of sp³-hybridized carbons (Fsp3) is 0.500. The minimum atomic E-state index is -0.204. The number of hydrogen-bond donors (Lipinski definition) is 1. The molecular weight excluding hydrogens is 294 g/mol. The van der Waals surface area contributed by atoms with Crippen LogP contribution < -0.4 is 0 Å². The smallest absolute Gasteiger partial charge is 0.270 e. The van der Waals surface area contributed by atoms with Crippen LogP contribution in [0.5, 0.6) is 0 Å². The van der Waals surface area contributed by atoms with Gasteiger partial charge in [-0.3, -0.25) is 4.79 Å². The van der Waals surface area contributed by atoms with Crippen molar-refractivity contribution < 1.29 is 9.32 Å². The average Bonchev–Trinajstić information content (AvgIpc) is 3.23. The Balaban J connectivity index is 1.86. The number of likely N-dealkylation sites (tertiary alicyclic amines) is 1. The normalized spacial score (nSPS) is 18.2. The molecule has 2 aromatic rings. The lowest BCUT2D eigenvalue weighted by Crippen LogP contribution is -2.38. The molecule has 1 amide bonds. The van der Waals surface area contributed by atoms with E-state index >= 15 is 0 Å². The first-order chi connectivity index (χ1) is 11.1. The van der Waals surface area contributed by atoms with E-state index in [9.17, 15) is 4.79 Å². The fourth-order valence-corrected chi connectivity index (χ4v) is 2.79. The van der Waals surface area contributed by atoms with Crippen molar-refractivity contribution >= 4 is 5.91 Å². The largest absolute Gasteiger partial charge is 0.356 e. The van der Waals surface area contributed by atoms with Gasteiger partial charge in [0.15, 0.2) is 5.82 Å². The van der Waals surface area contributed by atoms with Gasteiger partial charge in [0.25, 0.3) is 5.91 Å². The summed E-state index contributed by atoms with van der Waals surface area (Å²) in [5.41, 5.74) is 0.860. The number of nitrogens with zero attached hydrogens (tertiary/aromatic N) is 4. The van der Waals surface area contributed by atoms with E-state index in [1.54, 1.807) is 11.0 Å². The van der Waals surface area contributed by atoms with Crippen molar-refractivity contribution in [3.05, 3.63) is 35.2 Å². The average molecular weight is 313 g/mol. The molecule has 0 radical (unpaired) electrons. The van der Waals surface area contributed by atoms with Gasteiger partial charge in [-0.1, -0.05) is 19.0 Å². The van der Waals surface area contributed by atoms with Gasteiger partial charge in [-0.2, -0.15) is 10.2 Å². The number of amides is 1. The molecule has 0 bridgehead atoms. The lowest BCUT2D eigenvalue weighted by molar-refractivity contribution is 0.0556. The van der Waals surface area contributed by atoms with Crippen molar-refractivity contribution in [1.82, 2.24) is 20.0 Å². The molecule has 7 heteroatoms. The van der Waals surface area contributed by atoms with E-state index in [1.165, 1.54) is 6.20 Å². The third-order valence-corrected chi connectivity index (χ3v) is 4.07. The van der Waals surface area contributed by atoms with Crippen LogP contribution >= 0.6 is 0 Å². The number of H-pyrrole nitrogens is 1. The van der Waals surface area contributed by atoms with Gasteiger partial charge >= 0.3 is 0 Å². The number of aromatic amines is 1. The Hall–Kier alpha value is -2.62. The molecule has 1 fully saturated rings. The molecule has 1 aliphatic rings. The number of carbonyl (C=O) groups excluding carboxylic acids is 1. The molecule has 0 aliphatic carbocycles. The SMILES string of the molecule is CC(C)c1noc([C@H]2CCCCN2C(=O)c2cc(C#N)c[nH]2)n1. The highest BCUT2D eigenvalue weighted by atomic mass is 16.5. The summed E-state index contributed by atoms with van der Waals surface area (Å²) in [5, 5.41) is 12.9. The maximum Gasteiger partial charge on any atom is 0.270 e. The molecule has 1 saturated heterocycles. The van der Waals surface area contributed by atoms with Crippen molar-refractivity contribution in [1.29, 1.82) is 5.26 Å². The zero-order chi connectivity index (χ0) is 16.4. The second-order valence-corrected chi connectivity index (χ2v) is 6.07. The summed E-state index contributed by atoms with van der Waals surface area (Å²) in [6.45, 7) is 4.64. The Morgan fingerprint density at radius 2 is 2.35 bits per heavy atom. The molecule has 2 aromatic heterocycles. The van der Waals surface area contributed by atoms with E-state index in [0.29, 0.717) is 29.5 Å². The summed E-state index contributed by atoms with van der Waals surface area (Å²) in [6, 6.07) is 3.39. The molecule has 120 valence electrons. The molecule has 1 N–H and O–H groups in total. The van der Waals surface area contributed by atoms with Crippen molar-refractivity contribution in [3.8, 4) is 6.07 Å². The quantitative estimate of drug-likeness (QED) is 0.939. The van der Waals surface area contributed by atoms with Crippen LogP contribution in [0.3, 0.4) is 0 Å². The summed E-state index contributed by atoms with van der Waals surface area (Å²) in [7, 11) is 0. The summed E-state index contributed by atoms with van der Waals surface area (Å²) in [4.78, 5) is 21.8. The van der Waals surface area contributed by atoms with Crippen LogP contribution in [0, 0.1) is 11.3 Å². The monoisotopic (exact) mass is 313 g/mol. The minimum Gasteiger partial charge on any atom is -0.356 e. The van der Waals surface area contributed by atoms with Crippen molar-refractivity contribution in [3.63, 3.8) is 0 Å². The molecular formula is C16H19N5O2. The highest BCUT2D eigenvalue weighted by molar-refractivity contribution is 5.93. The first-order valence-corrected chi connectivity index (χ1v) is 7.83. The lowest BCUT2D eigenvalue weighted by atomic mass is 10.0. The van der Waals surface area contributed by atoms with Crippen molar-refractivity contribution in [2.45, 2.75) is 45.1 Å². The molecule has 1 aliphatic heterocycles. The van der Waals surface area contributed by atoms with E-state index in [4.69, 9.17) is 9.78 Å². The number of nitriles is 1. The van der Waals surface area contributed by atoms with Gasteiger partial charge in [0.2, 0.25) is 5.89 Å². The highest BCUT2D eigenvalue weighted by Crippen LogP contribution is 2.31. The number of carbonyl (C=O) groups is 1. The van der Waals surface area contributed by atoms with Gasteiger partial charge in [-0.05, 0) is 25.3 Å². The molecule has 0 unspecified atom stereocenters. The Bertz CT molecular complexity index is 740. The zero-order valence-corrected chi connectivity index (χ0v) is 13.2. The highest BCUT2D eigenvalue weighted by Gasteiger charge is 2.33. The Labute approximate surface area is 134 Å². The summed E-state index contributed by atoms with van der Waals surface area (Å²) >= 11 is 0. The summed E-state index contributed by atoms with van der Waals surface area (Å²) in [6.07, 6.45) is 4.30. The third kappa shape index (κ3) is 2.97. The van der Waals surface area contributed by atoms with Crippen LogP contribution in [0.4, 0.5) is 0 Å². The van der Waals surface area contributed by atoms with Crippen LogP contribution in [0.15, 0.2) is 16.8 Å². The predicted octanol–water partition coefficient (Wildman–Crippen LogP) is 2.76. The first-order valence-electron chi connectivity index (χ1n) is 7.83. The maximum absolute atomic E-state index is 12.7. The maximum atomic E-state index is 12.7. The summed E-state index contributed by atoms with van der Waals surface area (Å²) < 4.78 is 5.39. The number of rotatable bonds is 3. The van der Waals surface area contributed by atoms with E-state index in [1.807, 2.05) is 19.9 Å². The number of aromatic nitrogens is 3. The molecule has 0 saturated carbocycles. The van der Waals surface area contributed by atoms with Crippen molar-refractivity contribution in [2.24, 2.45) is 0 Å². The Kier molecular flexibility index (Phi) is 4.15.